The predicted molar refractivity (Wildman–Crippen MR) is 52.0 cm³/mol. The van der Waals surface area contributed by atoms with Crippen LogP contribution in [0.3, 0.4) is 0 Å². The number of rotatable bonds is 4. The molecule has 0 aromatic heterocycles. The van der Waals surface area contributed by atoms with E-state index in [0.29, 0.717) is 12.5 Å². The van der Waals surface area contributed by atoms with Gasteiger partial charge in [-0.1, -0.05) is 18.1 Å². The molecular weight excluding hydrogens is 148 g/mol. The van der Waals surface area contributed by atoms with Gasteiger partial charge in [0, 0.05) is 6.61 Å². The molecule has 1 nitrogen and oxygen atoms in total. The number of allylic oxidation sites excluding steroid dienone is 2. The van der Waals surface area contributed by atoms with Crippen LogP contribution >= 0.6 is 0 Å². The summed E-state index contributed by atoms with van der Waals surface area (Å²) in [5.41, 5.74) is 3.27. The van der Waals surface area contributed by atoms with Crippen LogP contribution in [-0.4, -0.2) is 11.7 Å². The fraction of sp³-hybridized carbons (Fsp3) is 0.818. The van der Waals surface area contributed by atoms with Gasteiger partial charge in [-0.15, -0.1) is 0 Å². The van der Waals surface area contributed by atoms with E-state index in [-0.39, 0.29) is 0 Å². The largest absolute Gasteiger partial charge is 0.396 e. The van der Waals surface area contributed by atoms with Crippen LogP contribution in [0.25, 0.3) is 0 Å². The molecule has 0 fully saturated rings. The Hall–Kier alpha value is -0.300. The number of aliphatic hydroxyl groups excluding tert-OH is 1. The maximum absolute atomic E-state index is 8.86. The zero-order chi connectivity index (χ0) is 8.97. The van der Waals surface area contributed by atoms with Gasteiger partial charge in [-0.3, -0.25) is 0 Å². The lowest BCUT2D eigenvalue weighted by Gasteiger charge is -2.08. The summed E-state index contributed by atoms with van der Waals surface area (Å²) in [6.07, 6.45) is 6.35. The minimum atomic E-state index is 0.340. The van der Waals surface area contributed by atoms with E-state index in [1.54, 1.807) is 11.1 Å². The Morgan fingerprint density at radius 2 is 2.17 bits per heavy atom. The highest BCUT2D eigenvalue weighted by Crippen LogP contribution is 2.29. The lowest BCUT2D eigenvalue weighted by atomic mass is 10.00. The molecule has 1 unspecified atom stereocenters. The first-order chi connectivity index (χ1) is 5.74. The molecule has 1 aliphatic rings. The quantitative estimate of drug-likeness (QED) is 0.640. The summed E-state index contributed by atoms with van der Waals surface area (Å²) >= 11 is 0. The van der Waals surface area contributed by atoms with Crippen LogP contribution in [0.1, 0.15) is 46.0 Å². The molecule has 0 heterocycles. The average molecular weight is 168 g/mol. The Bertz CT molecular complexity index is 170. The van der Waals surface area contributed by atoms with Crippen molar-refractivity contribution in [3.05, 3.63) is 11.1 Å². The van der Waals surface area contributed by atoms with Crippen molar-refractivity contribution in [1.82, 2.24) is 0 Å². The first-order valence-electron chi connectivity index (χ1n) is 5.02. The molecular formula is C11H20O. The van der Waals surface area contributed by atoms with Crippen molar-refractivity contribution in [3.8, 4) is 0 Å². The Morgan fingerprint density at radius 1 is 1.42 bits per heavy atom. The van der Waals surface area contributed by atoms with Gasteiger partial charge >= 0.3 is 0 Å². The standard InChI is InChI=1S/C11H20O/c1-9(8-12)6-7-11-5-3-4-10(11)2/h9,12H,3-8H2,1-2H3. The van der Waals surface area contributed by atoms with Gasteiger partial charge in [0.05, 0.1) is 0 Å². The van der Waals surface area contributed by atoms with Crippen LogP contribution in [0.4, 0.5) is 0 Å². The van der Waals surface area contributed by atoms with Gasteiger partial charge in [0.2, 0.25) is 0 Å². The monoisotopic (exact) mass is 168 g/mol. The Morgan fingerprint density at radius 3 is 2.67 bits per heavy atom. The normalized spacial score (nSPS) is 20.2. The first-order valence-corrected chi connectivity index (χ1v) is 5.02. The van der Waals surface area contributed by atoms with Gasteiger partial charge in [-0.25, -0.2) is 0 Å². The Kier molecular flexibility index (Phi) is 3.80. The second-order valence-electron chi connectivity index (χ2n) is 4.06. The van der Waals surface area contributed by atoms with Gasteiger partial charge in [-0.2, -0.15) is 0 Å². The van der Waals surface area contributed by atoms with E-state index in [0.717, 1.165) is 6.42 Å². The highest BCUT2D eigenvalue weighted by atomic mass is 16.3. The Balaban J connectivity index is 2.27. The van der Waals surface area contributed by atoms with Crippen molar-refractivity contribution < 1.29 is 5.11 Å². The summed E-state index contributed by atoms with van der Waals surface area (Å²) < 4.78 is 0. The van der Waals surface area contributed by atoms with Crippen molar-refractivity contribution in [2.24, 2.45) is 5.92 Å². The summed E-state index contributed by atoms with van der Waals surface area (Å²) in [5.74, 6) is 0.478. The van der Waals surface area contributed by atoms with Crippen molar-refractivity contribution in [3.63, 3.8) is 0 Å². The van der Waals surface area contributed by atoms with Crippen molar-refractivity contribution in [1.29, 1.82) is 0 Å². The van der Waals surface area contributed by atoms with E-state index < -0.39 is 0 Å². The summed E-state index contributed by atoms with van der Waals surface area (Å²) in [4.78, 5) is 0. The lowest BCUT2D eigenvalue weighted by Crippen LogP contribution is -2.00. The van der Waals surface area contributed by atoms with Crippen LogP contribution in [0.5, 0.6) is 0 Å². The highest BCUT2D eigenvalue weighted by Gasteiger charge is 2.11. The fourth-order valence-corrected chi connectivity index (χ4v) is 1.81. The zero-order valence-corrected chi connectivity index (χ0v) is 8.27. The van der Waals surface area contributed by atoms with E-state index in [1.807, 2.05) is 0 Å². The molecule has 0 aromatic rings. The molecule has 1 heteroatoms. The van der Waals surface area contributed by atoms with Crippen molar-refractivity contribution in [2.75, 3.05) is 6.61 Å². The average Bonchev–Trinajstić information content (AvgIpc) is 2.47. The smallest absolute Gasteiger partial charge is 0.0456 e. The topological polar surface area (TPSA) is 20.2 Å². The first kappa shape index (κ1) is 9.79. The summed E-state index contributed by atoms with van der Waals surface area (Å²) in [6.45, 7) is 4.71. The SMILES string of the molecule is CC1=C(CCC(C)CO)CCC1. The molecule has 0 saturated heterocycles. The van der Waals surface area contributed by atoms with E-state index in [9.17, 15) is 0 Å². The molecule has 0 radical (unpaired) electrons. The van der Waals surface area contributed by atoms with Crippen LogP contribution in [-0.2, 0) is 0 Å². The Labute approximate surface area is 75.5 Å². The van der Waals surface area contributed by atoms with E-state index in [2.05, 4.69) is 13.8 Å². The molecule has 1 atom stereocenters. The highest BCUT2D eigenvalue weighted by molar-refractivity contribution is 5.17. The van der Waals surface area contributed by atoms with Crippen LogP contribution < -0.4 is 0 Å². The molecule has 1 aliphatic carbocycles. The molecule has 1 N–H and O–H groups in total. The summed E-state index contributed by atoms with van der Waals surface area (Å²) in [6, 6.07) is 0. The third kappa shape index (κ3) is 2.63. The molecule has 70 valence electrons. The third-order valence-electron chi connectivity index (χ3n) is 2.88. The maximum Gasteiger partial charge on any atom is 0.0456 e. The molecule has 0 aromatic carbocycles. The van der Waals surface area contributed by atoms with Crippen LogP contribution in [0.2, 0.25) is 0 Å². The molecule has 0 spiro atoms. The fourth-order valence-electron chi connectivity index (χ4n) is 1.81. The van der Waals surface area contributed by atoms with Crippen molar-refractivity contribution >= 4 is 0 Å². The minimum Gasteiger partial charge on any atom is -0.396 e. The minimum absolute atomic E-state index is 0.340. The third-order valence-corrected chi connectivity index (χ3v) is 2.88. The predicted octanol–water partition coefficient (Wildman–Crippen LogP) is 2.90. The molecule has 0 aliphatic heterocycles. The van der Waals surface area contributed by atoms with Gasteiger partial charge in [0.25, 0.3) is 0 Å². The number of hydrogen-bond donors (Lipinski definition) is 1. The number of aliphatic hydroxyl groups is 1. The van der Waals surface area contributed by atoms with Gasteiger partial charge < -0.3 is 5.11 Å². The zero-order valence-electron chi connectivity index (χ0n) is 8.27. The molecule has 0 bridgehead atoms. The summed E-state index contributed by atoms with van der Waals surface area (Å²) in [7, 11) is 0. The van der Waals surface area contributed by atoms with E-state index in [4.69, 9.17) is 5.11 Å². The van der Waals surface area contributed by atoms with E-state index in [1.165, 1.54) is 25.7 Å². The maximum atomic E-state index is 8.86. The summed E-state index contributed by atoms with van der Waals surface area (Å²) in [5, 5.41) is 8.86. The van der Waals surface area contributed by atoms with Crippen LogP contribution in [0, 0.1) is 5.92 Å². The van der Waals surface area contributed by atoms with Gasteiger partial charge in [-0.05, 0) is 44.9 Å². The van der Waals surface area contributed by atoms with E-state index >= 15 is 0 Å². The molecule has 0 saturated carbocycles. The number of hydrogen-bond acceptors (Lipinski definition) is 1. The van der Waals surface area contributed by atoms with Gasteiger partial charge in [0.1, 0.15) is 0 Å². The molecule has 1 rings (SSSR count). The molecule has 0 amide bonds. The van der Waals surface area contributed by atoms with Crippen molar-refractivity contribution in [2.45, 2.75) is 46.0 Å². The van der Waals surface area contributed by atoms with Gasteiger partial charge in [0.15, 0.2) is 0 Å². The molecule has 12 heavy (non-hydrogen) atoms. The van der Waals surface area contributed by atoms with Crippen LogP contribution in [0.15, 0.2) is 11.1 Å². The second kappa shape index (κ2) is 4.66. The lowest BCUT2D eigenvalue weighted by molar-refractivity contribution is 0.230. The second-order valence-corrected chi connectivity index (χ2v) is 4.06.